The molecule has 0 spiro atoms. The molecule has 0 saturated carbocycles. The van der Waals surface area contributed by atoms with Crippen molar-refractivity contribution in [1.82, 2.24) is 9.97 Å². The fourth-order valence-electron chi connectivity index (χ4n) is 5.04. The average molecular weight is 596 g/mol. The molecular weight excluding hydrogens is 554 g/mol. The number of hydrogen-bond acceptors (Lipinski definition) is 7. The van der Waals surface area contributed by atoms with Crippen molar-refractivity contribution in [3.63, 3.8) is 0 Å². The third kappa shape index (κ3) is 7.92. The molecule has 1 N–H and O–H groups in total. The zero-order chi connectivity index (χ0) is 30.7. The second-order valence-corrected chi connectivity index (χ2v) is 13.0. The lowest BCUT2D eigenvalue weighted by molar-refractivity contribution is -0.160. The number of rotatable bonds is 10. The zero-order valence-corrected chi connectivity index (χ0v) is 26.4. The number of aliphatic carboxylic acids is 1. The summed E-state index contributed by atoms with van der Waals surface area (Å²) in [6.07, 6.45) is 4.36. The SMILES string of the molecule is Cc1ccc(OCCOc2ccc(-c3cnc(C)c([C@H](OC(C)(C)C)C(=O)O)c3N3CCC(C)(C)CC3)cn2)c(Cl)c1. The van der Waals surface area contributed by atoms with E-state index < -0.39 is 17.7 Å². The summed E-state index contributed by atoms with van der Waals surface area (Å²) in [6.45, 7) is 16.2. The van der Waals surface area contributed by atoms with Gasteiger partial charge < -0.3 is 24.2 Å². The van der Waals surface area contributed by atoms with Crippen LogP contribution < -0.4 is 14.4 Å². The van der Waals surface area contributed by atoms with Crippen molar-refractivity contribution in [2.45, 2.75) is 73.0 Å². The third-order valence-corrected chi connectivity index (χ3v) is 7.70. The molecule has 0 aliphatic carbocycles. The Hall–Kier alpha value is -3.36. The molecule has 1 fully saturated rings. The van der Waals surface area contributed by atoms with Crippen LogP contribution in [0, 0.1) is 19.3 Å². The lowest BCUT2D eigenvalue weighted by Crippen LogP contribution is -2.39. The number of benzene rings is 1. The Morgan fingerprint density at radius 2 is 1.74 bits per heavy atom. The average Bonchev–Trinajstić information content (AvgIpc) is 2.91. The molecule has 3 aromatic rings. The summed E-state index contributed by atoms with van der Waals surface area (Å²) in [7, 11) is 0. The van der Waals surface area contributed by atoms with Gasteiger partial charge >= 0.3 is 5.97 Å². The van der Waals surface area contributed by atoms with Gasteiger partial charge in [-0.05, 0) is 76.6 Å². The van der Waals surface area contributed by atoms with Gasteiger partial charge in [0.25, 0.3) is 0 Å². The van der Waals surface area contributed by atoms with Crippen molar-refractivity contribution in [3.05, 3.63) is 64.6 Å². The summed E-state index contributed by atoms with van der Waals surface area (Å²) < 4.78 is 17.7. The first kappa shape index (κ1) is 31.6. The molecule has 0 bridgehead atoms. The minimum atomic E-state index is -1.17. The summed E-state index contributed by atoms with van der Waals surface area (Å²) in [5.41, 5.74) is 4.32. The van der Waals surface area contributed by atoms with Crippen LogP contribution in [-0.4, -0.2) is 52.9 Å². The Balaban J connectivity index is 1.61. The molecule has 1 atom stereocenters. The Bertz CT molecular complexity index is 1390. The van der Waals surface area contributed by atoms with Crippen LogP contribution in [0.4, 0.5) is 5.69 Å². The molecule has 1 aliphatic rings. The summed E-state index contributed by atoms with van der Waals surface area (Å²) in [4.78, 5) is 24.0. The fourth-order valence-corrected chi connectivity index (χ4v) is 5.33. The lowest BCUT2D eigenvalue weighted by Gasteiger charge is -2.40. The summed E-state index contributed by atoms with van der Waals surface area (Å²) >= 11 is 6.25. The molecule has 1 saturated heterocycles. The predicted molar refractivity (Wildman–Crippen MR) is 166 cm³/mol. The number of anilines is 1. The van der Waals surface area contributed by atoms with E-state index >= 15 is 0 Å². The van der Waals surface area contributed by atoms with E-state index in [-0.39, 0.29) is 5.41 Å². The van der Waals surface area contributed by atoms with Gasteiger partial charge in [0, 0.05) is 53.9 Å². The van der Waals surface area contributed by atoms with Gasteiger partial charge in [-0.2, -0.15) is 0 Å². The van der Waals surface area contributed by atoms with Gasteiger partial charge in [-0.1, -0.05) is 31.5 Å². The van der Waals surface area contributed by atoms with Crippen LogP contribution in [0.3, 0.4) is 0 Å². The van der Waals surface area contributed by atoms with E-state index in [4.69, 9.17) is 25.8 Å². The first-order valence-corrected chi connectivity index (χ1v) is 14.8. The van der Waals surface area contributed by atoms with Crippen molar-refractivity contribution in [2.75, 3.05) is 31.2 Å². The minimum absolute atomic E-state index is 0.224. The highest BCUT2D eigenvalue weighted by molar-refractivity contribution is 6.32. The van der Waals surface area contributed by atoms with Crippen LogP contribution in [0.15, 0.2) is 42.7 Å². The van der Waals surface area contributed by atoms with Gasteiger partial charge in [0.2, 0.25) is 5.88 Å². The van der Waals surface area contributed by atoms with Gasteiger partial charge in [-0.3, -0.25) is 4.98 Å². The van der Waals surface area contributed by atoms with Crippen LogP contribution in [0.1, 0.15) is 70.4 Å². The molecule has 3 heterocycles. The first-order valence-electron chi connectivity index (χ1n) is 14.4. The normalized spacial score (nSPS) is 15.8. The Kier molecular flexibility index (Phi) is 9.68. The van der Waals surface area contributed by atoms with Crippen molar-refractivity contribution >= 4 is 23.3 Å². The van der Waals surface area contributed by atoms with Crippen molar-refractivity contribution in [2.24, 2.45) is 5.41 Å². The van der Waals surface area contributed by atoms with E-state index in [0.29, 0.717) is 41.1 Å². The molecular formula is C33H42ClN3O5. The molecule has 42 heavy (non-hydrogen) atoms. The quantitative estimate of drug-likeness (QED) is 0.242. The highest BCUT2D eigenvalue weighted by Gasteiger charge is 2.35. The van der Waals surface area contributed by atoms with Crippen LogP contribution in [0.5, 0.6) is 11.6 Å². The molecule has 1 aromatic carbocycles. The molecule has 226 valence electrons. The van der Waals surface area contributed by atoms with Gasteiger partial charge in [0.05, 0.1) is 16.3 Å². The van der Waals surface area contributed by atoms with E-state index in [1.807, 2.05) is 58.9 Å². The zero-order valence-electron chi connectivity index (χ0n) is 25.7. The molecule has 9 heteroatoms. The van der Waals surface area contributed by atoms with Crippen LogP contribution in [0.25, 0.3) is 11.1 Å². The number of carboxylic acid groups (broad SMARTS) is 1. The topological polar surface area (TPSA) is 94.0 Å². The first-order chi connectivity index (χ1) is 19.7. The third-order valence-electron chi connectivity index (χ3n) is 7.40. The second kappa shape index (κ2) is 12.9. The number of carbonyl (C=O) groups is 1. The standard InChI is InChI=1S/C33H42ClN3O5/c1-21-8-10-26(25(34)18-21)40-16-17-41-27-11-9-23(19-36-27)24-20-35-22(2)28(30(31(38)39)42-32(3,4)5)29(24)37-14-12-33(6,7)13-15-37/h8-11,18-20,30H,12-17H2,1-7H3,(H,38,39)/t30-/m0/s1. The number of pyridine rings is 2. The van der Waals surface area contributed by atoms with Gasteiger partial charge in [-0.25, -0.2) is 9.78 Å². The van der Waals surface area contributed by atoms with Crippen molar-refractivity contribution < 1.29 is 24.1 Å². The van der Waals surface area contributed by atoms with Gasteiger partial charge in [0.1, 0.15) is 19.0 Å². The van der Waals surface area contributed by atoms with E-state index in [2.05, 4.69) is 28.7 Å². The molecule has 0 amide bonds. The number of halogens is 1. The predicted octanol–water partition coefficient (Wildman–Crippen LogP) is 7.44. The maximum absolute atomic E-state index is 12.6. The Labute approximate surface area is 254 Å². The second-order valence-electron chi connectivity index (χ2n) is 12.6. The van der Waals surface area contributed by atoms with E-state index in [1.165, 1.54) is 0 Å². The smallest absolute Gasteiger partial charge is 0.337 e. The highest BCUT2D eigenvalue weighted by Crippen LogP contribution is 2.43. The number of nitrogens with zero attached hydrogens (tertiary/aromatic N) is 3. The maximum Gasteiger partial charge on any atom is 0.337 e. The molecule has 8 nitrogen and oxygen atoms in total. The lowest BCUT2D eigenvalue weighted by atomic mass is 9.82. The number of ether oxygens (including phenoxy) is 3. The number of piperidine rings is 1. The highest BCUT2D eigenvalue weighted by atomic mass is 35.5. The number of aryl methyl sites for hydroxylation is 2. The van der Waals surface area contributed by atoms with E-state index in [9.17, 15) is 9.90 Å². The van der Waals surface area contributed by atoms with Crippen LogP contribution in [0.2, 0.25) is 5.02 Å². The molecule has 4 rings (SSSR count). The summed E-state index contributed by atoms with van der Waals surface area (Å²) in [5, 5.41) is 10.9. The Morgan fingerprint density at radius 3 is 2.33 bits per heavy atom. The Morgan fingerprint density at radius 1 is 1.05 bits per heavy atom. The number of hydrogen-bond donors (Lipinski definition) is 1. The van der Waals surface area contributed by atoms with Gasteiger partial charge in [0.15, 0.2) is 6.10 Å². The molecule has 0 unspecified atom stereocenters. The van der Waals surface area contributed by atoms with Gasteiger partial charge in [-0.15, -0.1) is 0 Å². The molecule has 0 radical (unpaired) electrons. The summed E-state index contributed by atoms with van der Waals surface area (Å²) in [6, 6.07) is 9.37. The molecule has 1 aliphatic heterocycles. The van der Waals surface area contributed by atoms with Crippen LogP contribution in [-0.2, 0) is 9.53 Å². The van der Waals surface area contributed by atoms with Crippen molar-refractivity contribution in [3.8, 4) is 22.8 Å². The van der Waals surface area contributed by atoms with E-state index in [0.717, 1.165) is 48.3 Å². The maximum atomic E-state index is 12.6. The largest absolute Gasteiger partial charge is 0.488 e. The number of carboxylic acids is 1. The fraction of sp³-hybridized carbons (Fsp3) is 0.485. The number of aromatic nitrogens is 2. The minimum Gasteiger partial charge on any atom is -0.488 e. The molecule has 2 aromatic heterocycles. The van der Waals surface area contributed by atoms with Crippen LogP contribution >= 0.6 is 11.6 Å². The van der Waals surface area contributed by atoms with Crippen molar-refractivity contribution in [1.29, 1.82) is 0 Å². The summed E-state index contributed by atoms with van der Waals surface area (Å²) in [5.74, 6) is 0.0283. The van der Waals surface area contributed by atoms with E-state index in [1.54, 1.807) is 18.5 Å². The monoisotopic (exact) mass is 595 g/mol.